The van der Waals surface area contributed by atoms with Crippen LogP contribution < -0.4 is 5.32 Å². The number of carbonyl (C=O) groups is 2. The largest absolute Gasteiger partial charge is 0.456 e. The molecule has 0 bridgehead atoms. The van der Waals surface area contributed by atoms with Crippen LogP contribution in [0, 0.1) is 0 Å². The zero-order valence-electron chi connectivity index (χ0n) is 13.8. The molecule has 0 aliphatic rings. The van der Waals surface area contributed by atoms with Crippen molar-refractivity contribution in [3.63, 3.8) is 0 Å². The Morgan fingerprint density at radius 3 is 2.64 bits per heavy atom. The van der Waals surface area contributed by atoms with Crippen molar-refractivity contribution in [2.24, 2.45) is 0 Å². The van der Waals surface area contributed by atoms with Gasteiger partial charge in [0.15, 0.2) is 6.61 Å². The number of halogens is 1. The lowest BCUT2D eigenvalue weighted by molar-refractivity contribution is -0.151. The minimum absolute atomic E-state index is 0.124. The highest BCUT2D eigenvalue weighted by molar-refractivity contribution is 9.10. The molecule has 132 valence electrons. The van der Waals surface area contributed by atoms with E-state index in [0.717, 1.165) is 10.0 Å². The summed E-state index contributed by atoms with van der Waals surface area (Å²) in [5.41, 5.74) is 0.983. The fourth-order valence-corrected chi connectivity index (χ4v) is 2.37. The summed E-state index contributed by atoms with van der Waals surface area (Å²) in [6, 6.07) is 9.36. The van der Waals surface area contributed by atoms with E-state index >= 15 is 0 Å². The van der Waals surface area contributed by atoms with Gasteiger partial charge in [-0.15, -0.1) is 0 Å². The number of anilines is 1. The Bertz CT molecular complexity index is 712. The van der Waals surface area contributed by atoms with Gasteiger partial charge in [-0.05, 0) is 17.7 Å². The number of rotatable bonds is 8. The molecule has 25 heavy (non-hydrogen) atoms. The fourth-order valence-electron chi connectivity index (χ4n) is 1.96. The molecule has 1 heterocycles. The first kappa shape index (κ1) is 18.9. The normalized spacial score (nSPS) is 10.2. The Balaban J connectivity index is 1.68. The molecule has 0 fully saturated rings. The van der Waals surface area contributed by atoms with Crippen molar-refractivity contribution in [3.05, 3.63) is 52.8 Å². The third kappa shape index (κ3) is 6.50. The average molecular weight is 407 g/mol. The maximum atomic E-state index is 12.1. The van der Waals surface area contributed by atoms with Gasteiger partial charge in [0.1, 0.15) is 0 Å². The van der Waals surface area contributed by atoms with Gasteiger partial charge >= 0.3 is 5.97 Å². The van der Waals surface area contributed by atoms with Gasteiger partial charge in [-0.3, -0.25) is 9.59 Å². The van der Waals surface area contributed by atoms with Crippen LogP contribution >= 0.6 is 15.9 Å². The van der Waals surface area contributed by atoms with E-state index in [0.29, 0.717) is 19.0 Å². The number of nitrogens with zero attached hydrogens (tertiary/aromatic N) is 3. The van der Waals surface area contributed by atoms with Crippen molar-refractivity contribution in [2.75, 3.05) is 25.5 Å². The van der Waals surface area contributed by atoms with Crippen LogP contribution in [-0.4, -0.2) is 46.9 Å². The van der Waals surface area contributed by atoms with Crippen LogP contribution in [0.5, 0.6) is 0 Å². The first-order valence-corrected chi connectivity index (χ1v) is 8.49. The third-order valence-corrected chi connectivity index (χ3v) is 4.10. The molecule has 0 saturated heterocycles. The molecule has 0 spiro atoms. The Hall–Kier alpha value is -2.48. The summed E-state index contributed by atoms with van der Waals surface area (Å²) in [7, 11) is 1.67. The fraction of sp³-hybridized carbons (Fsp3) is 0.294. The number of hydrogen-bond acceptors (Lipinski definition) is 6. The van der Waals surface area contributed by atoms with Crippen molar-refractivity contribution in [2.45, 2.75) is 13.0 Å². The SMILES string of the molecule is CN(Cc1ccccc1Br)C(=O)COC(=O)CCNc1ncccn1. The summed E-state index contributed by atoms with van der Waals surface area (Å²) in [6.45, 7) is 0.496. The van der Waals surface area contributed by atoms with Crippen LogP contribution in [0.3, 0.4) is 0 Å². The number of likely N-dealkylation sites (N-methyl/N-ethyl adjacent to an activating group) is 1. The molecule has 0 aliphatic carbocycles. The predicted molar refractivity (Wildman–Crippen MR) is 96.7 cm³/mol. The summed E-state index contributed by atoms with van der Waals surface area (Å²) < 4.78 is 5.94. The first-order valence-electron chi connectivity index (χ1n) is 7.70. The maximum absolute atomic E-state index is 12.1. The van der Waals surface area contributed by atoms with Crippen molar-refractivity contribution < 1.29 is 14.3 Å². The summed E-state index contributed by atoms with van der Waals surface area (Å²) in [6.07, 6.45) is 3.33. The zero-order valence-corrected chi connectivity index (χ0v) is 15.4. The van der Waals surface area contributed by atoms with E-state index in [2.05, 4.69) is 31.2 Å². The van der Waals surface area contributed by atoms with E-state index in [1.165, 1.54) is 4.90 Å². The Kier molecular flexibility index (Phi) is 7.34. The number of ether oxygens (including phenoxy) is 1. The van der Waals surface area contributed by atoms with E-state index in [1.54, 1.807) is 25.5 Å². The van der Waals surface area contributed by atoms with Crippen molar-refractivity contribution in [1.29, 1.82) is 0 Å². The molecule has 1 aromatic carbocycles. The molecule has 7 nitrogen and oxygen atoms in total. The first-order chi connectivity index (χ1) is 12.1. The lowest BCUT2D eigenvalue weighted by atomic mass is 10.2. The molecule has 8 heteroatoms. The molecular formula is C17H19BrN4O3. The smallest absolute Gasteiger partial charge is 0.308 e. The summed E-state index contributed by atoms with van der Waals surface area (Å²) in [5, 5.41) is 2.90. The van der Waals surface area contributed by atoms with E-state index in [9.17, 15) is 9.59 Å². The predicted octanol–water partition coefficient (Wildman–Crippen LogP) is 2.24. The molecular weight excluding hydrogens is 388 g/mol. The van der Waals surface area contributed by atoms with Gasteiger partial charge in [0, 0.05) is 37.0 Å². The number of hydrogen-bond donors (Lipinski definition) is 1. The van der Waals surface area contributed by atoms with Gasteiger partial charge in [-0.2, -0.15) is 0 Å². The highest BCUT2D eigenvalue weighted by Crippen LogP contribution is 2.17. The van der Waals surface area contributed by atoms with Crippen LogP contribution in [0.1, 0.15) is 12.0 Å². The highest BCUT2D eigenvalue weighted by atomic mass is 79.9. The second-order valence-electron chi connectivity index (χ2n) is 5.25. The van der Waals surface area contributed by atoms with Crippen LogP contribution in [0.4, 0.5) is 5.95 Å². The van der Waals surface area contributed by atoms with Gasteiger partial charge in [-0.25, -0.2) is 9.97 Å². The molecule has 2 rings (SSSR count). The highest BCUT2D eigenvalue weighted by Gasteiger charge is 2.13. The second-order valence-corrected chi connectivity index (χ2v) is 6.11. The molecule has 0 atom stereocenters. The molecule has 0 aliphatic heterocycles. The van der Waals surface area contributed by atoms with Crippen molar-refractivity contribution in [3.8, 4) is 0 Å². The topological polar surface area (TPSA) is 84.4 Å². The minimum Gasteiger partial charge on any atom is -0.456 e. The number of nitrogens with one attached hydrogen (secondary N) is 1. The van der Waals surface area contributed by atoms with Gasteiger partial charge in [0.25, 0.3) is 5.91 Å². The van der Waals surface area contributed by atoms with Gasteiger partial charge in [0.2, 0.25) is 5.95 Å². The van der Waals surface area contributed by atoms with Crippen LogP contribution in [-0.2, 0) is 20.9 Å². The number of esters is 1. The van der Waals surface area contributed by atoms with E-state index in [4.69, 9.17) is 4.74 Å². The van der Waals surface area contributed by atoms with Gasteiger partial charge in [0.05, 0.1) is 6.42 Å². The molecule has 0 radical (unpaired) electrons. The van der Waals surface area contributed by atoms with Crippen LogP contribution in [0.2, 0.25) is 0 Å². The number of benzene rings is 1. The van der Waals surface area contributed by atoms with E-state index in [1.807, 2.05) is 24.3 Å². The van der Waals surface area contributed by atoms with Gasteiger partial charge < -0.3 is 15.0 Å². The molecule has 1 amide bonds. The second kappa shape index (κ2) is 9.73. The third-order valence-electron chi connectivity index (χ3n) is 3.33. The zero-order chi connectivity index (χ0) is 18.1. The molecule has 1 aromatic heterocycles. The maximum Gasteiger partial charge on any atom is 0.308 e. The summed E-state index contributed by atoms with van der Waals surface area (Å²) >= 11 is 3.44. The summed E-state index contributed by atoms with van der Waals surface area (Å²) in [5.74, 6) is -0.269. The number of amides is 1. The monoisotopic (exact) mass is 406 g/mol. The van der Waals surface area contributed by atoms with E-state index in [-0.39, 0.29) is 18.9 Å². The number of carbonyl (C=O) groups excluding carboxylic acids is 2. The average Bonchev–Trinajstić information content (AvgIpc) is 2.62. The Labute approximate surface area is 154 Å². The lowest BCUT2D eigenvalue weighted by Gasteiger charge is -2.18. The number of aromatic nitrogens is 2. The standard InChI is InChI=1S/C17H19BrN4O3/c1-22(11-13-5-2-3-6-14(13)18)15(23)12-25-16(24)7-10-21-17-19-8-4-9-20-17/h2-6,8-9H,7,10-12H2,1H3,(H,19,20,21). The van der Waals surface area contributed by atoms with Crippen molar-refractivity contribution in [1.82, 2.24) is 14.9 Å². The summed E-state index contributed by atoms with van der Waals surface area (Å²) in [4.78, 5) is 33.2. The Morgan fingerprint density at radius 1 is 1.20 bits per heavy atom. The van der Waals surface area contributed by atoms with Crippen LogP contribution in [0.25, 0.3) is 0 Å². The molecule has 2 aromatic rings. The molecule has 0 unspecified atom stereocenters. The Morgan fingerprint density at radius 2 is 1.92 bits per heavy atom. The quantitative estimate of drug-likeness (QED) is 0.676. The minimum atomic E-state index is -0.453. The van der Waals surface area contributed by atoms with E-state index < -0.39 is 5.97 Å². The lowest BCUT2D eigenvalue weighted by Crippen LogP contribution is -2.31. The van der Waals surface area contributed by atoms with Crippen LogP contribution in [0.15, 0.2) is 47.2 Å². The van der Waals surface area contributed by atoms with Crippen molar-refractivity contribution >= 4 is 33.8 Å². The van der Waals surface area contributed by atoms with Gasteiger partial charge in [-0.1, -0.05) is 34.1 Å². The molecule has 0 saturated carbocycles. The molecule has 1 N–H and O–H groups in total.